The normalized spacial score (nSPS) is 22.2. The van der Waals surface area contributed by atoms with Gasteiger partial charge in [0.05, 0.1) is 67.8 Å². The second-order valence-electron chi connectivity index (χ2n) is 19.6. The highest BCUT2D eigenvalue weighted by Gasteiger charge is 2.51. The first-order valence-electron chi connectivity index (χ1n) is 23.3. The average molecular weight is 963 g/mol. The molecule has 4 N–H and O–H groups in total. The molecule has 3 fully saturated rings. The van der Waals surface area contributed by atoms with Gasteiger partial charge < -0.3 is 44.3 Å². The highest BCUT2D eigenvalue weighted by atomic mass is 19.3. The molecule has 0 bridgehead atoms. The molecular weight excluding hydrogens is 908 g/mol. The van der Waals surface area contributed by atoms with Gasteiger partial charge in [0.1, 0.15) is 29.3 Å². The van der Waals surface area contributed by atoms with E-state index in [9.17, 15) is 19.2 Å². The molecule has 5 heterocycles. The standard InChI is InChI=1S/C49H55F5N8O7/c1-23(2)40(59-46(65)67-5)38(63)12-10-27-17-48(51,52)18-31(27)42-55-20-33(57-42)26-9-11-35-28(13-26)14-36-30-15-32(50)29(16-39(30)69-45(62(35)36)25-7-8-25)34-21-56-43(58-34)37-19-49(53,54)22-61(37)44(64)41(24(3)4)60-47(66)68-6/h9,11,13-16,20-21,23-25,27,31,37,40-41,45H,7-8,10,12,17-19,22H2,1-6H3,(H,55,57)(H,56,58)(H,59,65)(H,60,66). The Kier molecular flexibility index (Phi) is 12.5. The number of aromatic nitrogens is 5. The lowest BCUT2D eigenvalue weighted by Crippen LogP contribution is -2.51. The Labute approximate surface area is 394 Å². The van der Waals surface area contributed by atoms with Gasteiger partial charge in [0.15, 0.2) is 12.0 Å². The SMILES string of the molecule is COC(=O)NC(C(=O)CCC1CC(F)(F)CC1c1ncc(-c2ccc3c(c2)cc2n3C(C3CC3)Oc3cc(-c4cnc(C5CC(F)(F)CN5C(=O)C(NC(=O)OC)C(C)C)[nH]4)c(F)cc3-2)[nH]1)C(C)C. The van der Waals surface area contributed by atoms with Crippen LogP contribution in [0.15, 0.2) is 48.8 Å². The van der Waals surface area contributed by atoms with Gasteiger partial charge in [-0.05, 0) is 67.3 Å². The van der Waals surface area contributed by atoms with E-state index in [0.29, 0.717) is 22.8 Å². The molecule has 1 saturated heterocycles. The number of ether oxygens (including phenoxy) is 3. The molecule has 15 nitrogen and oxygen atoms in total. The van der Waals surface area contributed by atoms with Crippen molar-refractivity contribution in [3.8, 4) is 39.5 Å². The van der Waals surface area contributed by atoms with E-state index in [1.165, 1.54) is 19.4 Å². The Hall–Kier alpha value is -6.47. The van der Waals surface area contributed by atoms with E-state index in [-0.39, 0.29) is 47.5 Å². The van der Waals surface area contributed by atoms with E-state index in [2.05, 4.69) is 44.6 Å². The fourth-order valence-electron chi connectivity index (χ4n) is 10.3. The van der Waals surface area contributed by atoms with E-state index in [1.807, 2.05) is 24.3 Å². The number of amides is 3. The zero-order chi connectivity index (χ0) is 49.3. The number of H-pyrrole nitrogens is 2. The number of benzene rings is 2. The Morgan fingerprint density at radius 3 is 2.17 bits per heavy atom. The molecule has 69 heavy (non-hydrogen) atoms. The van der Waals surface area contributed by atoms with Gasteiger partial charge in [0.2, 0.25) is 11.8 Å². The summed E-state index contributed by atoms with van der Waals surface area (Å²) >= 11 is 0. The van der Waals surface area contributed by atoms with Crippen molar-refractivity contribution in [1.29, 1.82) is 0 Å². The van der Waals surface area contributed by atoms with Gasteiger partial charge in [-0.15, -0.1) is 0 Å². The minimum absolute atomic E-state index is 0.00293. The summed E-state index contributed by atoms with van der Waals surface area (Å²) in [4.78, 5) is 67.0. The number of carbonyl (C=O) groups excluding carboxylic acids is 4. The Morgan fingerprint density at radius 2 is 1.49 bits per heavy atom. The quantitative estimate of drug-likeness (QED) is 0.0787. The van der Waals surface area contributed by atoms with Crippen molar-refractivity contribution in [2.24, 2.45) is 23.7 Å². The smallest absolute Gasteiger partial charge is 0.407 e. The fraction of sp³-hybridized carbons (Fsp3) is 0.510. The number of alkyl halides is 4. The number of carbonyl (C=O) groups is 4. The third kappa shape index (κ3) is 9.37. The van der Waals surface area contributed by atoms with Gasteiger partial charge in [-0.3, -0.25) is 9.59 Å². The number of alkyl carbamates (subject to hydrolysis) is 2. The van der Waals surface area contributed by atoms with Crippen LogP contribution in [-0.4, -0.2) is 98.0 Å². The van der Waals surface area contributed by atoms with Gasteiger partial charge in [0, 0.05) is 59.6 Å². The lowest BCUT2D eigenvalue weighted by atomic mass is 9.88. The summed E-state index contributed by atoms with van der Waals surface area (Å²) in [6.45, 7) is 6.02. The zero-order valence-electron chi connectivity index (χ0n) is 39.0. The summed E-state index contributed by atoms with van der Waals surface area (Å²) in [5.41, 5.74) is 3.69. The molecular formula is C49H55F5N8O7. The van der Waals surface area contributed by atoms with E-state index < -0.39 is 104 Å². The summed E-state index contributed by atoms with van der Waals surface area (Å²) in [5, 5.41) is 5.82. The number of nitrogens with one attached hydrogen (secondary N) is 4. The van der Waals surface area contributed by atoms with Crippen molar-refractivity contribution in [2.45, 2.75) is 115 Å². The van der Waals surface area contributed by atoms with Crippen LogP contribution in [-0.2, 0) is 19.1 Å². The highest BCUT2D eigenvalue weighted by molar-refractivity contribution is 5.93. The van der Waals surface area contributed by atoms with E-state index in [0.717, 1.165) is 47.0 Å². The molecule has 0 spiro atoms. The molecule has 6 atom stereocenters. The number of imidazole rings is 2. The Bertz CT molecular complexity index is 2800. The summed E-state index contributed by atoms with van der Waals surface area (Å²) in [5.74, 6) is -8.65. The number of rotatable bonds is 14. The number of aromatic amines is 2. The minimum atomic E-state index is -3.25. The number of hydrogen-bond donors (Lipinski definition) is 4. The topological polar surface area (TPSA) is 186 Å². The van der Waals surface area contributed by atoms with E-state index in [4.69, 9.17) is 4.74 Å². The molecule has 20 heteroatoms. The minimum Gasteiger partial charge on any atom is -0.469 e. The summed E-state index contributed by atoms with van der Waals surface area (Å²) in [7, 11) is 2.34. The molecule has 6 unspecified atom stereocenters. The number of ketones is 1. The second kappa shape index (κ2) is 18.1. The second-order valence-corrected chi connectivity index (χ2v) is 19.6. The molecule has 2 aromatic carbocycles. The largest absolute Gasteiger partial charge is 0.469 e. The number of likely N-dealkylation sites (tertiary alicyclic amines) is 1. The van der Waals surface area contributed by atoms with E-state index >= 15 is 22.0 Å². The van der Waals surface area contributed by atoms with Crippen molar-refractivity contribution in [3.63, 3.8) is 0 Å². The molecule has 2 aliphatic heterocycles. The Morgan fingerprint density at radius 1 is 0.826 bits per heavy atom. The number of hydrogen-bond acceptors (Lipinski definition) is 9. The third-order valence-corrected chi connectivity index (χ3v) is 14.0. The van der Waals surface area contributed by atoms with Crippen LogP contribution in [0.4, 0.5) is 31.5 Å². The van der Waals surface area contributed by atoms with Crippen LogP contribution < -0.4 is 15.4 Å². The van der Waals surface area contributed by atoms with Gasteiger partial charge in [0.25, 0.3) is 5.92 Å². The van der Waals surface area contributed by atoms with Crippen LogP contribution in [0.5, 0.6) is 5.75 Å². The fourth-order valence-corrected chi connectivity index (χ4v) is 10.3. The maximum Gasteiger partial charge on any atom is 0.407 e. The van der Waals surface area contributed by atoms with Crippen LogP contribution in [0.3, 0.4) is 0 Å². The van der Waals surface area contributed by atoms with Crippen LogP contribution in [0, 0.1) is 29.5 Å². The molecule has 4 aliphatic rings. The van der Waals surface area contributed by atoms with Crippen LogP contribution in [0.1, 0.15) is 102 Å². The molecule has 2 aliphatic carbocycles. The predicted molar refractivity (Wildman–Crippen MR) is 242 cm³/mol. The third-order valence-electron chi connectivity index (χ3n) is 14.0. The molecule has 5 aromatic rings. The van der Waals surface area contributed by atoms with Gasteiger partial charge in [-0.25, -0.2) is 41.5 Å². The van der Waals surface area contributed by atoms with Gasteiger partial charge in [-0.1, -0.05) is 33.8 Å². The molecule has 3 amide bonds. The first-order chi connectivity index (χ1) is 32.7. The molecule has 2 saturated carbocycles. The van der Waals surface area contributed by atoms with Crippen molar-refractivity contribution >= 4 is 34.8 Å². The van der Waals surface area contributed by atoms with Crippen LogP contribution in [0.25, 0.3) is 44.7 Å². The average Bonchev–Trinajstić information content (AvgIpc) is 3.68. The highest BCUT2D eigenvalue weighted by Crippen LogP contribution is 2.53. The van der Waals surface area contributed by atoms with Crippen LogP contribution >= 0.6 is 0 Å². The van der Waals surface area contributed by atoms with Crippen LogP contribution in [0.2, 0.25) is 0 Å². The lowest BCUT2D eigenvalue weighted by Gasteiger charge is -2.30. The summed E-state index contributed by atoms with van der Waals surface area (Å²) < 4.78 is 94.5. The monoisotopic (exact) mass is 962 g/mol. The first kappa shape index (κ1) is 47.6. The number of Topliss-reactive ketones (excluding diaryl/α,β-unsaturated/α-hetero) is 1. The number of fused-ring (bicyclic) bond motifs is 5. The number of halogens is 5. The van der Waals surface area contributed by atoms with Crippen molar-refractivity contribution in [1.82, 2.24) is 40.0 Å². The molecule has 9 rings (SSSR count). The van der Waals surface area contributed by atoms with Crippen molar-refractivity contribution < 1.29 is 55.3 Å². The van der Waals surface area contributed by atoms with Gasteiger partial charge in [-0.2, -0.15) is 0 Å². The number of methoxy groups -OCH3 is 2. The van der Waals surface area contributed by atoms with Crippen molar-refractivity contribution in [2.75, 3.05) is 20.8 Å². The maximum absolute atomic E-state index is 16.4. The van der Waals surface area contributed by atoms with Crippen molar-refractivity contribution in [3.05, 3.63) is 66.3 Å². The molecule has 3 aromatic heterocycles. The predicted octanol–water partition coefficient (Wildman–Crippen LogP) is 9.68. The van der Waals surface area contributed by atoms with Gasteiger partial charge >= 0.3 is 12.2 Å². The number of nitrogens with zero attached hydrogens (tertiary/aromatic N) is 4. The summed E-state index contributed by atoms with van der Waals surface area (Å²) in [6, 6.07) is 7.53. The zero-order valence-corrected chi connectivity index (χ0v) is 39.0. The lowest BCUT2D eigenvalue weighted by molar-refractivity contribution is -0.136. The van der Waals surface area contributed by atoms with E-state index in [1.54, 1.807) is 40.0 Å². The molecule has 368 valence electrons. The first-order valence-corrected chi connectivity index (χ1v) is 23.3. The maximum atomic E-state index is 16.4. The Balaban J connectivity index is 0.969. The molecule has 0 radical (unpaired) electrons. The summed E-state index contributed by atoms with van der Waals surface area (Å²) in [6.07, 6.45) is 1.40.